The van der Waals surface area contributed by atoms with E-state index in [-0.39, 0.29) is 5.91 Å². The van der Waals surface area contributed by atoms with Crippen LogP contribution in [0.5, 0.6) is 0 Å². The van der Waals surface area contributed by atoms with Gasteiger partial charge in [-0.1, -0.05) is 6.07 Å². The van der Waals surface area contributed by atoms with Crippen molar-refractivity contribution in [3.05, 3.63) is 29.3 Å². The van der Waals surface area contributed by atoms with Crippen molar-refractivity contribution in [2.45, 2.75) is 39.7 Å². The predicted molar refractivity (Wildman–Crippen MR) is 75.0 cm³/mol. The van der Waals surface area contributed by atoms with Gasteiger partial charge in [0.1, 0.15) is 0 Å². The maximum Gasteiger partial charge on any atom is 0.239 e. The van der Waals surface area contributed by atoms with Crippen LogP contribution >= 0.6 is 0 Å². The summed E-state index contributed by atoms with van der Waals surface area (Å²) in [5, 5.41) is 3.04. The van der Waals surface area contributed by atoms with Crippen LogP contribution in [0.1, 0.15) is 30.9 Å². The third-order valence-corrected chi connectivity index (χ3v) is 3.23. The van der Waals surface area contributed by atoms with Crippen LogP contribution in [-0.4, -0.2) is 25.0 Å². The summed E-state index contributed by atoms with van der Waals surface area (Å²) in [4.78, 5) is 14.0. The van der Waals surface area contributed by atoms with Crippen molar-refractivity contribution < 1.29 is 4.79 Å². The molecule has 0 aliphatic heterocycles. The number of rotatable bonds is 5. The van der Waals surface area contributed by atoms with E-state index in [1.807, 2.05) is 0 Å². The molecule has 0 saturated heterocycles. The van der Waals surface area contributed by atoms with Crippen LogP contribution in [-0.2, 0) is 4.79 Å². The van der Waals surface area contributed by atoms with Crippen molar-refractivity contribution in [3.63, 3.8) is 0 Å². The normalized spacial score (nSPS) is 14.4. The zero-order valence-electron chi connectivity index (χ0n) is 11.5. The van der Waals surface area contributed by atoms with Crippen molar-refractivity contribution in [3.8, 4) is 0 Å². The van der Waals surface area contributed by atoms with E-state index in [0.29, 0.717) is 12.6 Å². The third-order valence-electron chi connectivity index (χ3n) is 3.23. The number of carbonyl (C=O) groups excluding carboxylic acids is 1. The molecule has 1 aromatic rings. The van der Waals surface area contributed by atoms with Gasteiger partial charge >= 0.3 is 0 Å². The number of likely N-dealkylation sites (N-methyl/N-ethyl adjacent to an activating group) is 1. The van der Waals surface area contributed by atoms with Gasteiger partial charge in [-0.25, -0.2) is 0 Å². The number of benzene rings is 1. The minimum atomic E-state index is 0.138. The predicted octanol–water partition coefficient (Wildman–Crippen LogP) is 2.41. The first-order valence-corrected chi connectivity index (χ1v) is 6.71. The van der Waals surface area contributed by atoms with Gasteiger partial charge in [0.25, 0.3) is 0 Å². The lowest BCUT2D eigenvalue weighted by atomic mass is 10.1. The van der Waals surface area contributed by atoms with Crippen LogP contribution in [0.15, 0.2) is 18.2 Å². The molecule has 0 atom stereocenters. The molecule has 0 aromatic heterocycles. The molecule has 1 saturated carbocycles. The topological polar surface area (TPSA) is 32.3 Å². The van der Waals surface area contributed by atoms with Gasteiger partial charge in [0, 0.05) is 18.3 Å². The molecular formula is C15H22N2O. The van der Waals surface area contributed by atoms with Crippen LogP contribution in [0.3, 0.4) is 0 Å². The summed E-state index contributed by atoms with van der Waals surface area (Å²) >= 11 is 0. The first-order chi connectivity index (χ1) is 8.58. The van der Waals surface area contributed by atoms with Crippen LogP contribution in [0.25, 0.3) is 0 Å². The molecule has 0 bridgehead atoms. The van der Waals surface area contributed by atoms with E-state index in [1.54, 1.807) is 0 Å². The number of aryl methyl sites for hydroxylation is 2. The number of nitrogens with zero attached hydrogens (tertiary/aromatic N) is 1. The monoisotopic (exact) mass is 246 g/mol. The molecule has 0 spiro atoms. The SMILES string of the molecule is CCN(CC(=O)NC1CC1)c1cc(C)cc(C)c1. The van der Waals surface area contributed by atoms with Gasteiger partial charge in [-0.15, -0.1) is 0 Å². The molecule has 1 aromatic carbocycles. The Morgan fingerprint density at radius 3 is 2.39 bits per heavy atom. The lowest BCUT2D eigenvalue weighted by molar-refractivity contribution is -0.119. The zero-order chi connectivity index (χ0) is 13.1. The van der Waals surface area contributed by atoms with Gasteiger partial charge in [-0.3, -0.25) is 4.79 Å². The second kappa shape index (κ2) is 5.42. The van der Waals surface area contributed by atoms with Gasteiger partial charge in [0.05, 0.1) is 6.54 Å². The Kier molecular flexibility index (Phi) is 3.90. The fourth-order valence-corrected chi connectivity index (χ4v) is 2.19. The Labute approximate surface area is 109 Å². The molecule has 0 unspecified atom stereocenters. The summed E-state index contributed by atoms with van der Waals surface area (Å²) in [6.07, 6.45) is 2.28. The average molecular weight is 246 g/mol. The maximum atomic E-state index is 11.9. The molecule has 0 heterocycles. The highest BCUT2D eigenvalue weighted by Crippen LogP contribution is 2.20. The molecule has 1 amide bonds. The van der Waals surface area contributed by atoms with E-state index < -0.39 is 0 Å². The summed E-state index contributed by atoms with van der Waals surface area (Å²) in [5.74, 6) is 0.138. The number of hydrogen-bond donors (Lipinski definition) is 1. The first-order valence-electron chi connectivity index (χ1n) is 6.71. The zero-order valence-corrected chi connectivity index (χ0v) is 11.5. The second-order valence-electron chi connectivity index (χ2n) is 5.20. The van der Waals surface area contributed by atoms with E-state index in [2.05, 4.69) is 49.2 Å². The molecule has 98 valence electrons. The Morgan fingerprint density at radius 2 is 1.89 bits per heavy atom. The standard InChI is InChI=1S/C15H22N2O/c1-4-17(10-15(18)16-13-5-6-13)14-8-11(2)7-12(3)9-14/h7-9,13H,4-6,10H2,1-3H3,(H,16,18). The van der Waals surface area contributed by atoms with E-state index in [9.17, 15) is 4.79 Å². The minimum Gasteiger partial charge on any atom is -0.362 e. The molecule has 1 aliphatic carbocycles. The van der Waals surface area contributed by atoms with Crippen LogP contribution < -0.4 is 10.2 Å². The van der Waals surface area contributed by atoms with Gasteiger partial charge in [-0.05, 0) is 56.9 Å². The molecule has 1 N–H and O–H groups in total. The highest BCUT2D eigenvalue weighted by Gasteiger charge is 2.23. The summed E-state index contributed by atoms with van der Waals surface area (Å²) in [6.45, 7) is 7.57. The van der Waals surface area contributed by atoms with Gasteiger partial charge in [0.2, 0.25) is 5.91 Å². The molecule has 2 rings (SSSR count). The first kappa shape index (κ1) is 12.9. The number of hydrogen-bond acceptors (Lipinski definition) is 2. The summed E-state index contributed by atoms with van der Waals surface area (Å²) < 4.78 is 0. The molecule has 1 fully saturated rings. The van der Waals surface area contributed by atoms with Crippen molar-refractivity contribution in [2.75, 3.05) is 18.0 Å². The molecule has 0 radical (unpaired) electrons. The molecule has 18 heavy (non-hydrogen) atoms. The number of amides is 1. The Morgan fingerprint density at radius 1 is 1.28 bits per heavy atom. The molecule has 1 aliphatic rings. The van der Waals surface area contributed by atoms with Crippen molar-refractivity contribution in [1.29, 1.82) is 0 Å². The molecule has 3 heteroatoms. The van der Waals surface area contributed by atoms with Crippen molar-refractivity contribution in [2.24, 2.45) is 0 Å². The summed E-state index contributed by atoms with van der Waals surface area (Å²) in [7, 11) is 0. The van der Waals surface area contributed by atoms with Crippen LogP contribution in [0.4, 0.5) is 5.69 Å². The number of anilines is 1. The summed E-state index contributed by atoms with van der Waals surface area (Å²) in [6, 6.07) is 6.87. The van der Waals surface area contributed by atoms with Crippen molar-refractivity contribution in [1.82, 2.24) is 5.32 Å². The van der Waals surface area contributed by atoms with Gasteiger partial charge in [0.15, 0.2) is 0 Å². The van der Waals surface area contributed by atoms with Gasteiger partial charge < -0.3 is 10.2 Å². The Balaban J connectivity index is 2.04. The van der Waals surface area contributed by atoms with Crippen molar-refractivity contribution >= 4 is 11.6 Å². The maximum absolute atomic E-state index is 11.9. The molecule has 3 nitrogen and oxygen atoms in total. The quantitative estimate of drug-likeness (QED) is 0.865. The highest BCUT2D eigenvalue weighted by molar-refractivity contribution is 5.82. The van der Waals surface area contributed by atoms with E-state index in [1.165, 1.54) is 11.1 Å². The number of carbonyl (C=O) groups is 1. The Hall–Kier alpha value is -1.51. The lowest BCUT2D eigenvalue weighted by Gasteiger charge is -2.23. The fraction of sp³-hybridized carbons (Fsp3) is 0.533. The van der Waals surface area contributed by atoms with E-state index in [0.717, 1.165) is 25.1 Å². The smallest absolute Gasteiger partial charge is 0.239 e. The van der Waals surface area contributed by atoms with E-state index >= 15 is 0 Å². The highest BCUT2D eigenvalue weighted by atomic mass is 16.2. The largest absolute Gasteiger partial charge is 0.362 e. The van der Waals surface area contributed by atoms with Gasteiger partial charge in [-0.2, -0.15) is 0 Å². The van der Waals surface area contributed by atoms with Crippen LogP contribution in [0, 0.1) is 13.8 Å². The Bertz CT molecular complexity index is 418. The fourth-order valence-electron chi connectivity index (χ4n) is 2.19. The number of nitrogens with one attached hydrogen (secondary N) is 1. The van der Waals surface area contributed by atoms with E-state index in [4.69, 9.17) is 0 Å². The minimum absolute atomic E-state index is 0.138. The third kappa shape index (κ3) is 3.49. The average Bonchev–Trinajstić information content (AvgIpc) is 3.08. The lowest BCUT2D eigenvalue weighted by Crippen LogP contribution is -2.38. The van der Waals surface area contributed by atoms with Crippen LogP contribution in [0.2, 0.25) is 0 Å². The summed E-state index contributed by atoms with van der Waals surface area (Å²) in [5.41, 5.74) is 3.62. The second-order valence-corrected chi connectivity index (χ2v) is 5.20. The molecular weight excluding hydrogens is 224 g/mol.